The van der Waals surface area contributed by atoms with E-state index in [9.17, 15) is 0 Å². The summed E-state index contributed by atoms with van der Waals surface area (Å²) in [5.74, 6) is 0. The predicted molar refractivity (Wildman–Crippen MR) is 267 cm³/mol. The largest absolute Gasteiger partial charge is 0.309 e. The first-order valence-corrected chi connectivity index (χ1v) is 21.9. The fraction of sp³-hybridized carbons (Fsp3) is 0.133. The molecule has 2 heteroatoms. The zero-order valence-corrected chi connectivity index (χ0v) is 36.4. The van der Waals surface area contributed by atoms with Gasteiger partial charge in [0.05, 0.1) is 28.1 Å². The van der Waals surface area contributed by atoms with Gasteiger partial charge < -0.3 is 9.47 Å². The van der Waals surface area contributed by atoms with E-state index in [-0.39, 0.29) is 10.8 Å². The summed E-state index contributed by atoms with van der Waals surface area (Å²) in [6.07, 6.45) is 0. The Morgan fingerprint density at radius 3 is 1.39 bits per heavy atom. The Labute approximate surface area is 364 Å². The highest BCUT2D eigenvalue weighted by atomic mass is 15.1. The first-order chi connectivity index (χ1) is 30.0. The number of benzene rings is 10. The van der Waals surface area contributed by atoms with Crippen LogP contribution in [0.4, 0.5) is 17.1 Å². The van der Waals surface area contributed by atoms with Gasteiger partial charge in [-0.1, -0.05) is 187 Å². The van der Waals surface area contributed by atoms with Crippen LogP contribution < -0.4 is 4.90 Å². The van der Waals surface area contributed by atoms with E-state index < -0.39 is 0 Å². The molecule has 0 spiro atoms. The highest BCUT2D eigenvalue weighted by Gasteiger charge is 2.26. The molecule has 1 aromatic heterocycles. The van der Waals surface area contributed by atoms with Crippen molar-refractivity contribution in [2.24, 2.45) is 0 Å². The van der Waals surface area contributed by atoms with Crippen LogP contribution in [0.15, 0.2) is 194 Å². The summed E-state index contributed by atoms with van der Waals surface area (Å²) in [6, 6.07) is 72.3. The van der Waals surface area contributed by atoms with E-state index in [1.54, 1.807) is 0 Å². The molecular weight excluding hydrogens is 749 g/mol. The van der Waals surface area contributed by atoms with E-state index in [0.29, 0.717) is 0 Å². The summed E-state index contributed by atoms with van der Waals surface area (Å²) in [5, 5.41) is 10.1. The molecule has 0 atom stereocenters. The van der Waals surface area contributed by atoms with E-state index in [2.05, 4.69) is 245 Å². The second-order valence-corrected chi connectivity index (χ2v) is 19.0. The highest BCUT2D eigenvalue weighted by Crippen LogP contribution is 2.50. The predicted octanol–water partition coefficient (Wildman–Crippen LogP) is 17.1. The first-order valence-electron chi connectivity index (χ1n) is 21.9. The molecular formula is C60H50N2. The van der Waals surface area contributed by atoms with E-state index in [1.807, 2.05) is 0 Å². The molecule has 11 rings (SSSR count). The lowest BCUT2D eigenvalue weighted by Crippen LogP contribution is -2.13. The van der Waals surface area contributed by atoms with Gasteiger partial charge in [-0.15, -0.1) is 0 Å². The number of hydrogen-bond donors (Lipinski definition) is 0. The molecule has 0 N–H and O–H groups in total. The molecule has 300 valence electrons. The maximum Gasteiger partial charge on any atom is 0.0618 e. The molecule has 0 saturated carbocycles. The maximum absolute atomic E-state index is 2.52. The number of nitrogens with zero attached hydrogens (tertiary/aromatic N) is 2. The van der Waals surface area contributed by atoms with Crippen LogP contribution in [0.2, 0.25) is 0 Å². The monoisotopic (exact) mass is 798 g/mol. The fourth-order valence-corrected chi connectivity index (χ4v) is 9.83. The molecule has 0 aliphatic rings. The number of fused-ring (bicyclic) bond motifs is 3. The van der Waals surface area contributed by atoms with Crippen molar-refractivity contribution in [2.75, 3.05) is 4.90 Å². The third-order valence-electron chi connectivity index (χ3n) is 13.0. The molecule has 0 aliphatic carbocycles. The average molecular weight is 799 g/mol. The Morgan fingerprint density at radius 1 is 0.387 bits per heavy atom. The number of anilines is 3. The van der Waals surface area contributed by atoms with Crippen molar-refractivity contribution in [1.82, 2.24) is 4.57 Å². The summed E-state index contributed by atoms with van der Waals surface area (Å²) in [6.45, 7) is 13.9. The maximum atomic E-state index is 2.52. The molecule has 0 amide bonds. The minimum absolute atomic E-state index is 0.0338. The lowest BCUT2D eigenvalue weighted by atomic mass is 9.85. The second kappa shape index (κ2) is 14.2. The van der Waals surface area contributed by atoms with Gasteiger partial charge in [-0.25, -0.2) is 0 Å². The average Bonchev–Trinajstić information content (AvgIpc) is 3.62. The standard InChI is InChI=1S/C60H50N2/c1-59(2,3)43-29-35-54-50(37-43)51-38-44(60(4,5)6)30-36-55(51)62(54)53-34-28-42-25-31-48-52(33-27-41-26-32-49(53)57(42)56(41)48)61(45-21-14-9-15-22-45)58-46(39-17-10-7-11-18-39)23-16-24-47(58)40-19-12-8-13-20-40/h7-38H,1-6H3. The molecule has 0 saturated heterocycles. The zero-order valence-electron chi connectivity index (χ0n) is 36.4. The van der Waals surface area contributed by atoms with Crippen molar-refractivity contribution in [3.05, 3.63) is 205 Å². The summed E-state index contributed by atoms with van der Waals surface area (Å²) in [5.41, 5.74) is 14.6. The molecule has 0 fully saturated rings. The molecule has 11 aromatic rings. The van der Waals surface area contributed by atoms with Gasteiger partial charge in [0, 0.05) is 38.4 Å². The molecule has 1 heterocycles. The van der Waals surface area contributed by atoms with Crippen molar-refractivity contribution in [1.29, 1.82) is 0 Å². The molecule has 0 radical (unpaired) electrons. The Hall–Kier alpha value is -7.16. The lowest BCUT2D eigenvalue weighted by Gasteiger charge is -2.32. The molecule has 10 aromatic carbocycles. The van der Waals surface area contributed by atoms with Gasteiger partial charge in [-0.2, -0.15) is 0 Å². The van der Waals surface area contributed by atoms with Gasteiger partial charge in [-0.05, 0) is 103 Å². The summed E-state index contributed by atoms with van der Waals surface area (Å²) in [4.78, 5) is 2.50. The summed E-state index contributed by atoms with van der Waals surface area (Å²) >= 11 is 0. The quantitative estimate of drug-likeness (QED) is 0.152. The second-order valence-electron chi connectivity index (χ2n) is 19.0. The van der Waals surface area contributed by atoms with E-state index in [0.717, 1.165) is 17.1 Å². The van der Waals surface area contributed by atoms with Crippen LogP contribution in [0.3, 0.4) is 0 Å². The topological polar surface area (TPSA) is 8.17 Å². The highest BCUT2D eigenvalue weighted by molar-refractivity contribution is 6.28. The van der Waals surface area contributed by atoms with E-state index in [1.165, 1.54) is 93.2 Å². The number of rotatable bonds is 6. The van der Waals surface area contributed by atoms with Gasteiger partial charge in [0.25, 0.3) is 0 Å². The van der Waals surface area contributed by atoms with Crippen molar-refractivity contribution in [2.45, 2.75) is 52.4 Å². The van der Waals surface area contributed by atoms with Crippen molar-refractivity contribution in [3.63, 3.8) is 0 Å². The summed E-state index contributed by atoms with van der Waals surface area (Å²) in [7, 11) is 0. The number of para-hydroxylation sites is 2. The van der Waals surface area contributed by atoms with Gasteiger partial charge in [0.1, 0.15) is 0 Å². The third kappa shape index (κ3) is 6.08. The van der Waals surface area contributed by atoms with Gasteiger partial charge in [-0.3, -0.25) is 0 Å². The van der Waals surface area contributed by atoms with Crippen LogP contribution >= 0.6 is 0 Å². The minimum Gasteiger partial charge on any atom is -0.309 e. The Kier molecular flexibility index (Phi) is 8.67. The first kappa shape index (κ1) is 37.8. The van der Waals surface area contributed by atoms with Crippen LogP contribution in [0.25, 0.3) is 82.1 Å². The van der Waals surface area contributed by atoms with Crippen LogP contribution in [-0.2, 0) is 10.8 Å². The van der Waals surface area contributed by atoms with Crippen molar-refractivity contribution >= 4 is 71.2 Å². The Balaban J connectivity index is 1.21. The van der Waals surface area contributed by atoms with E-state index in [4.69, 9.17) is 0 Å². The molecule has 62 heavy (non-hydrogen) atoms. The summed E-state index contributed by atoms with van der Waals surface area (Å²) < 4.78 is 2.52. The molecule has 2 nitrogen and oxygen atoms in total. The van der Waals surface area contributed by atoms with Gasteiger partial charge >= 0.3 is 0 Å². The SMILES string of the molecule is CC(C)(C)c1ccc2c(c1)c1cc(C(C)(C)C)ccc1n2-c1ccc2ccc3c(N(c4ccccc4)c4c(-c5ccccc5)cccc4-c4ccccc4)ccc4ccc1c2c43. The minimum atomic E-state index is 0.0338. The molecule has 0 bridgehead atoms. The smallest absolute Gasteiger partial charge is 0.0618 e. The third-order valence-corrected chi connectivity index (χ3v) is 13.0. The molecule has 0 aliphatic heterocycles. The normalized spacial score (nSPS) is 12.4. The lowest BCUT2D eigenvalue weighted by molar-refractivity contribution is 0.590. The van der Waals surface area contributed by atoms with Crippen LogP contribution in [0, 0.1) is 0 Å². The zero-order chi connectivity index (χ0) is 42.3. The number of aromatic nitrogens is 1. The van der Waals surface area contributed by atoms with Crippen LogP contribution in [0.1, 0.15) is 52.7 Å². The van der Waals surface area contributed by atoms with Crippen LogP contribution in [0.5, 0.6) is 0 Å². The van der Waals surface area contributed by atoms with Crippen LogP contribution in [-0.4, -0.2) is 4.57 Å². The molecule has 0 unspecified atom stereocenters. The Bertz CT molecular complexity index is 3320. The fourth-order valence-electron chi connectivity index (χ4n) is 9.83. The van der Waals surface area contributed by atoms with E-state index >= 15 is 0 Å². The van der Waals surface area contributed by atoms with Crippen molar-refractivity contribution in [3.8, 4) is 27.9 Å². The number of hydrogen-bond acceptors (Lipinski definition) is 1. The van der Waals surface area contributed by atoms with Gasteiger partial charge in [0.15, 0.2) is 0 Å². The van der Waals surface area contributed by atoms with Gasteiger partial charge in [0.2, 0.25) is 0 Å². The Morgan fingerprint density at radius 2 is 0.855 bits per heavy atom. The van der Waals surface area contributed by atoms with Crippen molar-refractivity contribution < 1.29 is 0 Å².